The van der Waals surface area contributed by atoms with E-state index in [4.69, 9.17) is 4.55 Å². The monoisotopic (exact) mass is 443 g/mol. The van der Waals surface area contributed by atoms with E-state index in [1.807, 2.05) is 6.08 Å². The summed E-state index contributed by atoms with van der Waals surface area (Å²) in [4.78, 5) is 13.3. The molecule has 1 N–H and O–H groups in total. The molecule has 178 valence electrons. The van der Waals surface area contributed by atoms with Crippen molar-refractivity contribution in [3.8, 4) is 0 Å². The maximum absolute atomic E-state index is 11.8. The highest BCUT2D eigenvalue weighted by molar-refractivity contribution is 7.79. The SMILES string of the molecule is CCCCCCCCCCCCCCCCCCC/C=C/C(=O)N(C)CCS(=O)O. The lowest BCUT2D eigenvalue weighted by atomic mass is 10.0. The van der Waals surface area contributed by atoms with Gasteiger partial charge in [-0.25, -0.2) is 4.21 Å². The third-order valence-electron chi connectivity index (χ3n) is 5.71. The summed E-state index contributed by atoms with van der Waals surface area (Å²) in [6, 6.07) is 0. The van der Waals surface area contributed by atoms with Crippen LogP contribution in [0.2, 0.25) is 0 Å². The Bertz CT molecular complexity index is 440. The second kappa shape index (κ2) is 23.0. The van der Waals surface area contributed by atoms with E-state index in [0.717, 1.165) is 12.8 Å². The topological polar surface area (TPSA) is 57.6 Å². The third-order valence-corrected chi connectivity index (χ3v) is 6.24. The number of hydrogen-bond donors (Lipinski definition) is 1. The molecule has 5 heteroatoms. The van der Waals surface area contributed by atoms with E-state index < -0.39 is 11.1 Å². The van der Waals surface area contributed by atoms with E-state index in [1.165, 1.54) is 108 Å². The molecule has 0 radical (unpaired) electrons. The van der Waals surface area contributed by atoms with Crippen molar-refractivity contribution in [3.05, 3.63) is 12.2 Å². The van der Waals surface area contributed by atoms with Crippen LogP contribution in [0.25, 0.3) is 0 Å². The van der Waals surface area contributed by atoms with Crippen LogP contribution in [0, 0.1) is 0 Å². The molecule has 0 saturated carbocycles. The van der Waals surface area contributed by atoms with Gasteiger partial charge < -0.3 is 9.45 Å². The van der Waals surface area contributed by atoms with Crippen molar-refractivity contribution in [1.29, 1.82) is 0 Å². The highest BCUT2D eigenvalue weighted by atomic mass is 32.2. The Hall–Kier alpha value is -0.680. The van der Waals surface area contributed by atoms with Gasteiger partial charge in [-0.15, -0.1) is 0 Å². The fourth-order valence-corrected chi connectivity index (χ4v) is 4.05. The summed E-state index contributed by atoms with van der Waals surface area (Å²) in [5, 5.41) is 0. The molecule has 0 aromatic carbocycles. The molecule has 1 amide bonds. The van der Waals surface area contributed by atoms with Crippen LogP contribution in [0.4, 0.5) is 0 Å². The Labute approximate surface area is 189 Å². The summed E-state index contributed by atoms with van der Waals surface area (Å²) in [5.41, 5.74) is 0. The highest BCUT2D eigenvalue weighted by Crippen LogP contribution is 2.14. The number of allylic oxidation sites excluding steroid dienone is 1. The smallest absolute Gasteiger partial charge is 0.246 e. The molecule has 0 aliphatic carbocycles. The van der Waals surface area contributed by atoms with Crippen LogP contribution in [0.1, 0.15) is 122 Å². The molecule has 0 aromatic rings. The van der Waals surface area contributed by atoms with Crippen molar-refractivity contribution in [1.82, 2.24) is 4.90 Å². The average molecular weight is 444 g/mol. The van der Waals surface area contributed by atoms with Gasteiger partial charge in [-0.2, -0.15) is 0 Å². The van der Waals surface area contributed by atoms with E-state index in [0.29, 0.717) is 6.54 Å². The van der Waals surface area contributed by atoms with Gasteiger partial charge in [0.2, 0.25) is 5.91 Å². The van der Waals surface area contributed by atoms with Gasteiger partial charge in [0.15, 0.2) is 11.1 Å². The highest BCUT2D eigenvalue weighted by Gasteiger charge is 2.05. The van der Waals surface area contributed by atoms with Crippen molar-refractivity contribution < 1.29 is 13.6 Å². The molecule has 0 heterocycles. The first-order valence-electron chi connectivity index (χ1n) is 12.6. The van der Waals surface area contributed by atoms with Gasteiger partial charge in [-0.3, -0.25) is 4.79 Å². The molecule has 1 atom stereocenters. The molecular weight excluding hydrogens is 394 g/mol. The first-order chi connectivity index (χ1) is 14.6. The van der Waals surface area contributed by atoms with Crippen LogP contribution in [0.5, 0.6) is 0 Å². The summed E-state index contributed by atoms with van der Waals surface area (Å²) in [6.07, 6.45) is 27.8. The zero-order valence-corrected chi connectivity index (χ0v) is 20.7. The van der Waals surface area contributed by atoms with E-state index in [9.17, 15) is 9.00 Å². The number of carbonyl (C=O) groups is 1. The van der Waals surface area contributed by atoms with E-state index in [2.05, 4.69) is 6.92 Å². The second-order valence-electron chi connectivity index (χ2n) is 8.63. The Morgan fingerprint density at radius 3 is 1.57 bits per heavy atom. The van der Waals surface area contributed by atoms with Crippen molar-refractivity contribution in [2.45, 2.75) is 122 Å². The maximum atomic E-state index is 11.8. The maximum Gasteiger partial charge on any atom is 0.246 e. The minimum atomic E-state index is -1.84. The summed E-state index contributed by atoms with van der Waals surface area (Å²) in [7, 11) is 1.66. The number of likely N-dealkylation sites (N-methyl/N-ethyl adjacent to an activating group) is 1. The van der Waals surface area contributed by atoms with Crippen LogP contribution in [-0.2, 0) is 15.9 Å². The normalized spacial score (nSPS) is 12.5. The summed E-state index contributed by atoms with van der Waals surface area (Å²) in [5.74, 6) is 0.0161. The van der Waals surface area contributed by atoms with Crippen LogP contribution in [0.15, 0.2) is 12.2 Å². The molecule has 0 spiro atoms. The van der Waals surface area contributed by atoms with Crippen molar-refractivity contribution >= 4 is 17.0 Å². The van der Waals surface area contributed by atoms with Crippen LogP contribution in [0.3, 0.4) is 0 Å². The number of unbranched alkanes of at least 4 members (excludes halogenated alkanes) is 17. The quantitative estimate of drug-likeness (QED) is 0.109. The van der Waals surface area contributed by atoms with Crippen molar-refractivity contribution in [3.63, 3.8) is 0 Å². The van der Waals surface area contributed by atoms with Gasteiger partial charge in [-0.1, -0.05) is 116 Å². The fourth-order valence-electron chi connectivity index (χ4n) is 3.62. The predicted molar refractivity (Wildman–Crippen MR) is 131 cm³/mol. The zero-order valence-electron chi connectivity index (χ0n) is 19.9. The molecule has 0 fully saturated rings. The Morgan fingerprint density at radius 1 is 0.767 bits per heavy atom. The fraction of sp³-hybridized carbons (Fsp3) is 0.880. The number of carbonyl (C=O) groups excluding carboxylic acids is 1. The van der Waals surface area contributed by atoms with Gasteiger partial charge in [0.05, 0.1) is 5.75 Å². The van der Waals surface area contributed by atoms with Gasteiger partial charge in [0.1, 0.15) is 0 Å². The molecule has 0 aromatic heterocycles. The number of hydrogen-bond acceptors (Lipinski definition) is 2. The molecule has 0 aliphatic rings. The molecular formula is C25H49NO3S. The minimum absolute atomic E-state index is 0.0903. The molecule has 0 bridgehead atoms. The van der Waals surface area contributed by atoms with Gasteiger partial charge in [0.25, 0.3) is 0 Å². The van der Waals surface area contributed by atoms with Gasteiger partial charge >= 0.3 is 0 Å². The van der Waals surface area contributed by atoms with Crippen LogP contribution in [-0.4, -0.2) is 38.9 Å². The lowest BCUT2D eigenvalue weighted by Crippen LogP contribution is -2.28. The van der Waals surface area contributed by atoms with Crippen LogP contribution < -0.4 is 0 Å². The Morgan fingerprint density at radius 2 is 1.17 bits per heavy atom. The standard InChI is InChI=1S/C25H49NO3S/c1-3-4-5-6-7-8-9-10-11-12-13-14-15-16-17-18-19-20-21-22-25(27)26(2)23-24-30(28)29/h21-22H,3-20,23-24H2,1-2H3,(H,28,29)/b22-21+. The lowest BCUT2D eigenvalue weighted by molar-refractivity contribution is -0.124. The van der Waals surface area contributed by atoms with E-state index in [-0.39, 0.29) is 11.7 Å². The second-order valence-corrected chi connectivity index (χ2v) is 9.68. The van der Waals surface area contributed by atoms with Crippen LogP contribution >= 0.6 is 0 Å². The molecule has 0 rings (SSSR count). The molecule has 0 saturated heterocycles. The lowest BCUT2D eigenvalue weighted by Gasteiger charge is -2.13. The average Bonchev–Trinajstić information content (AvgIpc) is 2.73. The van der Waals surface area contributed by atoms with E-state index in [1.54, 1.807) is 13.1 Å². The zero-order chi connectivity index (χ0) is 22.3. The first kappa shape index (κ1) is 29.3. The molecule has 30 heavy (non-hydrogen) atoms. The summed E-state index contributed by atoms with van der Waals surface area (Å²) >= 11 is -1.84. The number of nitrogens with zero attached hydrogens (tertiary/aromatic N) is 1. The Kier molecular flexibility index (Phi) is 22.5. The van der Waals surface area contributed by atoms with Crippen molar-refractivity contribution in [2.24, 2.45) is 0 Å². The number of rotatable bonds is 22. The molecule has 0 aliphatic heterocycles. The Balaban J connectivity index is 3.27. The summed E-state index contributed by atoms with van der Waals surface area (Å²) < 4.78 is 19.4. The third kappa shape index (κ3) is 22.0. The summed E-state index contributed by atoms with van der Waals surface area (Å²) in [6.45, 7) is 2.59. The van der Waals surface area contributed by atoms with Gasteiger partial charge in [-0.05, 0) is 18.9 Å². The van der Waals surface area contributed by atoms with Crippen molar-refractivity contribution in [2.75, 3.05) is 19.3 Å². The number of amides is 1. The predicted octanol–water partition coefficient (Wildman–Crippen LogP) is 7.26. The minimum Gasteiger partial charge on any atom is -0.341 e. The first-order valence-corrected chi connectivity index (χ1v) is 13.8. The molecule has 4 nitrogen and oxygen atoms in total. The van der Waals surface area contributed by atoms with E-state index >= 15 is 0 Å². The molecule has 1 unspecified atom stereocenters. The van der Waals surface area contributed by atoms with Gasteiger partial charge in [0, 0.05) is 13.6 Å². The largest absolute Gasteiger partial charge is 0.341 e.